The lowest BCUT2D eigenvalue weighted by molar-refractivity contribution is 0.0000771. The van der Waals surface area contributed by atoms with Crippen LogP contribution in [0.25, 0.3) is 0 Å². The van der Waals surface area contributed by atoms with Gasteiger partial charge in [-0.3, -0.25) is 9.58 Å². The molecule has 1 aromatic rings. The third-order valence-corrected chi connectivity index (χ3v) is 3.64. The van der Waals surface area contributed by atoms with E-state index >= 15 is 0 Å². The fourth-order valence-corrected chi connectivity index (χ4v) is 2.55. The van der Waals surface area contributed by atoms with Crippen molar-refractivity contribution in [3.8, 4) is 0 Å². The minimum Gasteiger partial charge on any atom is -0.457 e. The highest BCUT2D eigenvalue weighted by Crippen LogP contribution is 2.15. The number of morpholine rings is 1. The Morgan fingerprint density at radius 1 is 1.38 bits per heavy atom. The van der Waals surface area contributed by atoms with E-state index in [-0.39, 0.29) is 12.1 Å². The molecule has 6 nitrogen and oxygen atoms in total. The van der Waals surface area contributed by atoms with E-state index in [1.807, 2.05) is 20.0 Å². The second-order valence-electron chi connectivity index (χ2n) is 5.86. The molecule has 0 aromatic carbocycles. The number of ether oxygens (including phenoxy) is 2. The molecule has 6 heteroatoms. The Labute approximate surface area is 126 Å². The van der Waals surface area contributed by atoms with Gasteiger partial charge < -0.3 is 9.47 Å². The van der Waals surface area contributed by atoms with E-state index in [1.165, 1.54) is 0 Å². The third-order valence-electron chi connectivity index (χ3n) is 3.64. The Morgan fingerprint density at radius 3 is 2.62 bits per heavy atom. The molecule has 2 heterocycles. The fraction of sp³-hybridized carbons (Fsp3) is 0.733. The van der Waals surface area contributed by atoms with E-state index in [1.54, 1.807) is 4.68 Å². The van der Waals surface area contributed by atoms with Gasteiger partial charge in [-0.1, -0.05) is 13.8 Å². The largest absolute Gasteiger partial charge is 0.457 e. The highest BCUT2D eigenvalue weighted by molar-refractivity contribution is 5.87. The number of aromatic nitrogens is 2. The van der Waals surface area contributed by atoms with Gasteiger partial charge in [0.05, 0.1) is 13.2 Å². The zero-order valence-corrected chi connectivity index (χ0v) is 13.3. The summed E-state index contributed by atoms with van der Waals surface area (Å²) in [6.45, 7) is 10.1. The van der Waals surface area contributed by atoms with E-state index in [0.717, 1.165) is 38.5 Å². The van der Waals surface area contributed by atoms with Gasteiger partial charge in [0, 0.05) is 32.4 Å². The van der Waals surface area contributed by atoms with Crippen LogP contribution < -0.4 is 0 Å². The number of carbonyl (C=O) groups is 1. The van der Waals surface area contributed by atoms with Crippen LogP contribution in [0.1, 0.15) is 42.9 Å². The average molecular weight is 295 g/mol. The molecule has 0 aliphatic carbocycles. The first kappa shape index (κ1) is 16.0. The van der Waals surface area contributed by atoms with E-state index in [4.69, 9.17) is 9.47 Å². The van der Waals surface area contributed by atoms with Gasteiger partial charge in [0.2, 0.25) is 0 Å². The Hall–Kier alpha value is -1.40. The molecule has 0 spiro atoms. The first-order valence-electron chi connectivity index (χ1n) is 7.52. The van der Waals surface area contributed by atoms with Crippen molar-refractivity contribution in [2.75, 3.05) is 32.8 Å². The van der Waals surface area contributed by atoms with E-state index in [0.29, 0.717) is 11.6 Å². The molecule has 1 aliphatic heterocycles. The van der Waals surface area contributed by atoms with Crippen LogP contribution in [-0.2, 0) is 16.5 Å². The van der Waals surface area contributed by atoms with Crippen LogP contribution >= 0.6 is 0 Å². The minimum atomic E-state index is -0.349. The van der Waals surface area contributed by atoms with Crippen LogP contribution in [0.4, 0.5) is 0 Å². The van der Waals surface area contributed by atoms with E-state index in [9.17, 15) is 4.79 Å². The smallest absolute Gasteiger partial charge is 0.359 e. The maximum atomic E-state index is 12.1. The highest BCUT2D eigenvalue weighted by atomic mass is 16.5. The van der Waals surface area contributed by atoms with Gasteiger partial charge in [0.25, 0.3) is 0 Å². The van der Waals surface area contributed by atoms with Crippen molar-refractivity contribution in [1.82, 2.24) is 14.7 Å². The van der Waals surface area contributed by atoms with Crippen molar-refractivity contribution in [3.63, 3.8) is 0 Å². The second kappa shape index (κ2) is 7.04. The summed E-state index contributed by atoms with van der Waals surface area (Å²) in [4.78, 5) is 14.4. The van der Waals surface area contributed by atoms with E-state index < -0.39 is 0 Å². The maximum absolute atomic E-state index is 12.1. The molecule has 0 N–H and O–H groups in total. The Kier molecular flexibility index (Phi) is 5.36. The zero-order chi connectivity index (χ0) is 15.4. The lowest BCUT2D eigenvalue weighted by Crippen LogP contribution is -2.41. The number of carbonyl (C=O) groups excluding carboxylic acids is 1. The molecule has 0 amide bonds. The first-order valence-corrected chi connectivity index (χ1v) is 7.52. The fourth-order valence-electron chi connectivity index (χ4n) is 2.55. The summed E-state index contributed by atoms with van der Waals surface area (Å²) in [5, 5.41) is 4.24. The standard InChI is InChI=1S/C15H25N3O3/c1-11(2)14-9-13(16-17(14)4)15(19)21-12(3)10-18-5-7-20-8-6-18/h9,11-12H,5-8,10H2,1-4H3/t12-/m1/s1. The molecule has 0 unspecified atom stereocenters. The topological polar surface area (TPSA) is 56.6 Å². The summed E-state index contributed by atoms with van der Waals surface area (Å²) in [7, 11) is 1.85. The molecule has 1 aliphatic rings. The summed E-state index contributed by atoms with van der Waals surface area (Å²) >= 11 is 0. The summed E-state index contributed by atoms with van der Waals surface area (Å²) < 4.78 is 12.5. The lowest BCUT2D eigenvalue weighted by Gasteiger charge is -2.28. The van der Waals surface area contributed by atoms with Gasteiger partial charge in [-0.15, -0.1) is 0 Å². The predicted octanol–water partition coefficient (Wildman–Crippen LogP) is 1.42. The van der Waals surface area contributed by atoms with Crippen molar-refractivity contribution < 1.29 is 14.3 Å². The maximum Gasteiger partial charge on any atom is 0.359 e. The Bertz CT molecular complexity index is 479. The molecule has 1 atom stereocenters. The average Bonchev–Trinajstić information content (AvgIpc) is 2.82. The molecule has 1 fully saturated rings. The van der Waals surface area contributed by atoms with Crippen molar-refractivity contribution in [3.05, 3.63) is 17.5 Å². The molecular formula is C15H25N3O3. The molecule has 0 bridgehead atoms. The molecule has 21 heavy (non-hydrogen) atoms. The number of nitrogens with zero attached hydrogens (tertiary/aromatic N) is 3. The first-order chi connectivity index (χ1) is 9.97. The molecular weight excluding hydrogens is 270 g/mol. The molecule has 0 saturated carbocycles. The predicted molar refractivity (Wildman–Crippen MR) is 79.4 cm³/mol. The summed E-state index contributed by atoms with van der Waals surface area (Å²) in [6.07, 6.45) is -0.153. The van der Waals surface area contributed by atoms with Crippen molar-refractivity contribution in [2.24, 2.45) is 7.05 Å². The van der Waals surface area contributed by atoms with Gasteiger partial charge in [-0.2, -0.15) is 5.10 Å². The number of rotatable bonds is 5. The van der Waals surface area contributed by atoms with Crippen molar-refractivity contribution >= 4 is 5.97 Å². The zero-order valence-electron chi connectivity index (χ0n) is 13.3. The number of hydrogen-bond acceptors (Lipinski definition) is 5. The van der Waals surface area contributed by atoms with Gasteiger partial charge in [0.15, 0.2) is 5.69 Å². The number of esters is 1. The van der Waals surface area contributed by atoms with Crippen molar-refractivity contribution in [2.45, 2.75) is 32.8 Å². The molecule has 2 rings (SSSR count). The van der Waals surface area contributed by atoms with Crippen LogP contribution in [0, 0.1) is 0 Å². The second-order valence-corrected chi connectivity index (χ2v) is 5.86. The summed E-state index contributed by atoms with van der Waals surface area (Å²) in [5.74, 6) is -0.0203. The SMILES string of the molecule is CC(C)c1cc(C(=O)O[C@H](C)CN2CCOCC2)nn1C. The Morgan fingerprint density at radius 2 is 2.05 bits per heavy atom. The van der Waals surface area contributed by atoms with Gasteiger partial charge in [-0.05, 0) is 18.9 Å². The van der Waals surface area contributed by atoms with Gasteiger partial charge in [-0.25, -0.2) is 4.79 Å². The summed E-state index contributed by atoms with van der Waals surface area (Å²) in [6, 6.07) is 1.81. The molecule has 118 valence electrons. The summed E-state index contributed by atoms with van der Waals surface area (Å²) in [5.41, 5.74) is 1.41. The van der Waals surface area contributed by atoms with Crippen LogP contribution in [0.5, 0.6) is 0 Å². The monoisotopic (exact) mass is 295 g/mol. The molecule has 0 radical (unpaired) electrons. The number of hydrogen-bond donors (Lipinski definition) is 0. The molecule has 1 saturated heterocycles. The van der Waals surface area contributed by atoms with Crippen LogP contribution in [0.2, 0.25) is 0 Å². The van der Waals surface area contributed by atoms with Gasteiger partial charge in [0.1, 0.15) is 6.10 Å². The molecule has 1 aromatic heterocycles. The normalized spacial score (nSPS) is 18.0. The van der Waals surface area contributed by atoms with Crippen LogP contribution in [0.3, 0.4) is 0 Å². The van der Waals surface area contributed by atoms with E-state index in [2.05, 4.69) is 23.8 Å². The van der Waals surface area contributed by atoms with Crippen LogP contribution in [0.15, 0.2) is 6.07 Å². The Balaban J connectivity index is 1.89. The van der Waals surface area contributed by atoms with Crippen LogP contribution in [-0.4, -0.2) is 59.6 Å². The van der Waals surface area contributed by atoms with Gasteiger partial charge >= 0.3 is 5.97 Å². The minimum absolute atomic E-state index is 0.153. The third kappa shape index (κ3) is 4.28. The lowest BCUT2D eigenvalue weighted by atomic mass is 10.1. The van der Waals surface area contributed by atoms with Crippen molar-refractivity contribution in [1.29, 1.82) is 0 Å². The highest BCUT2D eigenvalue weighted by Gasteiger charge is 2.20. The number of aryl methyl sites for hydroxylation is 1. The quantitative estimate of drug-likeness (QED) is 0.769.